The van der Waals surface area contributed by atoms with Crippen molar-refractivity contribution in [2.45, 2.75) is 6.61 Å². The summed E-state index contributed by atoms with van der Waals surface area (Å²) in [6.07, 6.45) is 3.28. The van der Waals surface area contributed by atoms with E-state index in [1.807, 2.05) is 30.3 Å². The number of allylic oxidation sites excluding steroid dienone is 1. The lowest BCUT2D eigenvalue weighted by Crippen LogP contribution is -2.00. The molecule has 3 aromatic carbocycles. The van der Waals surface area contributed by atoms with E-state index in [0.29, 0.717) is 32.1 Å². The van der Waals surface area contributed by atoms with Crippen LogP contribution in [0.5, 0.6) is 11.5 Å². The first-order valence-electron chi connectivity index (χ1n) is 8.79. The van der Waals surface area contributed by atoms with Crippen LogP contribution in [0.4, 0.5) is 0 Å². The Bertz CT molecular complexity index is 1100. The van der Waals surface area contributed by atoms with Gasteiger partial charge in [0.15, 0.2) is 5.78 Å². The molecule has 0 aromatic heterocycles. The van der Waals surface area contributed by atoms with Crippen LogP contribution in [0, 0.1) is 0 Å². The van der Waals surface area contributed by atoms with E-state index in [9.17, 15) is 4.79 Å². The second-order valence-corrected chi connectivity index (χ2v) is 8.40. The van der Waals surface area contributed by atoms with Crippen molar-refractivity contribution in [2.75, 3.05) is 7.11 Å². The van der Waals surface area contributed by atoms with E-state index >= 15 is 0 Å². The van der Waals surface area contributed by atoms with E-state index in [4.69, 9.17) is 44.3 Å². The Kier molecular flexibility index (Phi) is 7.84. The van der Waals surface area contributed by atoms with Gasteiger partial charge in [0.1, 0.15) is 18.1 Å². The van der Waals surface area contributed by atoms with Crippen molar-refractivity contribution in [1.29, 1.82) is 0 Å². The van der Waals surface area contributed by atoms with Crippen molar-refractivity contribution in [1.82, 2.24) is 0 Å². The van der Waals surface area contributed by atoms with Gasteiger partial charge in [0.25, 0.3) is 0 Å². The van der Waals surface area contributed by atoms with Crippen molar-refractivity contribution in [3.8, 4) is 11.5 Å². The first-order valence-corrected chi connectivity index (χ1v) is 10.7. The summed E-state index contributed by atoms with van der Waals surface area (Å²) in [6.45, 7) is 0.198. The molecule has 3 rings (SSSR count). The summed E-state index contributed by atoms with van der Waals surface area (Å²) in [6, 6.07) is 15.9. The molecule has 0 saturated heterocycles. The number of carbonyl (C=O) groups is 1. The highest BCUT2D eigenvalue weighted by atomic mass is 79.9. The standard InChI is InChI=1S/C23H16BrCl3O3/c1-29-22-9-3-14(2-8-21(28)15-4-6-17(24)7-5-15)10-16(22)13-30-23-12-19(26)18(25)11-20(23)27/h2-12H,13H2,1H3/b8-2+. The second kappa shape index (κ2) is 10.4. The zero-order valence-electron chi connectivity index (χ0n) is 15.8. The Hall–Kier alpha value is -1.98. The summed E-state index contributed by atoms with van der Waals surface area (Å²) in [7, 11) is 1.58. The Morgan fingerprint density at radius 1 is 0.933 bits per heavy atom. The minimum absolute atomic E-state index is 0.0845. The van der Waals surface area contributed by atoms with Gasteiger partial charge in [-0.1, -0.05) is 62.9 Å². The average molecular weight is 527 g/mol. The van der Waals surface area contributed by atoms with Gasteiger partial charge in [0.2, 0.25) is 0 Å². The zero-order chi connectivity index (χ0) is 21.7. The van der Waals surface area contributed by atoms with Gasteiger partial charge in [-0.2, -0.15) is 0 Å². The first-order chi connectivity index (χ1) is 14.4. The van der Waals surface area contributed by atoms with Crippen LogP contribution in [0.1, 0.15) is 21.5 Å². The minimum Gasteiger partial charge on any atom is -0.496 e. The van der Waals surface area contributed by atoms with Gasteiger partial charge in [0.05, 0.1) is 22.2 Å². The quantitative estimate of drug-likeness (QED) is 0.178. The lowest BCUT2D eigenvalue weighted by molar-refractivity contribution is 0.104. The molecular formula is C23H16BrCl3O3. The number of carbonyl (C=O) groups excluding carboxylic acids is 1. The van der Waals surface area contributed by atoms with E-state index in [1.54, 1.807) is 31.4 Å². The predicted octanol–water partition coefficient (Wildman–Crippen LogP) is 7.89. The number of halogens is 4. The van der Waals surface area contributed by atoms with Gasteiger partial charge in [-0.3, -0.25) is 4.79 Å². The molecule has 7 heteroatoms. The number of hydrogen-bond donors (Lipinski definition) is 0. The third kappa shape index (κ3) is 5.79. The van der Waals surface area contributed by atoms with E-state index in [1.165, 1.54) is 12.1 Å². The highest BCUT2D eigenvalue weighted by Gasteiger charge is 2.10. The molecule has 0 aliphatic carbocycles. The van der Waals surface area contributed by atoms with E-state index < -0.39 is 0 Å². The molecule has 3 nitrogen and oxygen atoms in total. The Morgan fingerprint density at radius 3 is 2.33 bits per heavy atom. The fourth-order valence-corrected chi connectivity index (χ4v) is 3.52. The Balaban J connectivity index is 1.77. The fourth-order valence-electron chi connectivity index (χ4n) is 2.67. The van der Waals surface area contributed by atoms with Gasteiger partial charge in [0, 0.05) is 21.7 Å². The second-order valence-electron chi connectivity index (χ2n) is 6.26. The highest BCUT2D eigenvalue weighted by molar-refractivity contribution is 9.10. The molecule has 0 unspecified atom stereocenters. The molecule has 30 heavy (non-hydrogen) atoms. The van der Waals surface area contributed by atoms with Crippen molar-refractivity contribution in [3.63, 3.8) is 0 Å². The van der Waals surface area contributed by atoms with Gasteiger partial charge in [-0.05, 0) is 54.1 Å². The van der Waals surface area contributed by atoms with Crippen LogP contribution in [0.3, 0.4) is 0 Å². The van der Waals surface area contributed by atoms with Crippen LogP contribution >= 0.6 is 50.7 Å². The smallest absolute Gasteiger partial charge is 0.185 e. The average Bonchev–Trinajstić information content (AvgIpc) is 2.74. The maximum Gasteiger partial charge on any atom is 0.185 e. The molecule has 154 valence electrons. The van der Waals surface area contributed by atoms with Crippen LogP contribution < -0.4 is 9.47 Å². The Labute approximate surface area is 198 Å². The molecule has 0 N–H and O–H groups in total. The fraction of sp³-hybridized carbons (Fsp3) is 0.0870. The molecule has 0 saturated carbocycles. The summed E-state index contributed by atoms with van der Waals surface area (Å²) in [5.74, 6) is 0.987. The topological polar surface area (TPSA) is 35.5 Å². The Morgan fingerprint density at radius 2 is 1.63 bits per heavy atom. The first kappa shape index (κ1) is 22.7. The molecule has 0 atom stereocenters. The molecule has 0 radical (unpaired) electrons. The summed E-state index contributed by atoms with van der Waals surface area (Å²) in [4.78, 5) is 12.4. The van der Waals surface area contributed by atoms with Crippen LogP contribution in [-0.2, 0) is 6.61 Å². The molecule has 0 bridgehead atoms. The number of ketones is 1. The molecule has 0 aliphatic rings. The van der Waals surface area contributed by atoms with Crippen molar-refractivity contribution >= 4 is 62.6 Å². The third-order valence-electron chi connectivity index (χ3n) is 4.22. The largest absolute Gasteiger partial charge is 0.496 e. The molecule has 0 spiro atoms. The number of methoxy groups -OCH3 is 1. The van der Waals surface area contributed by atoms with Crippen molar-refractivity contribution in [2.24, 2.45) is 0 Å². The molecule has 0 fully saturated rings. The minimum atomic E-state index is -0.0845. The third-order valence-corrected chi connectivity index (χ3v) is 5.76. The van der Waals surface area contributed by atoms with Gasteiger partial charge >= 0.3 is 0 Å². The molecular weight excluding hydrogens is 511 g/mol. The van der Waals surface area contributed by atoms with Crippen LogP contribution in [0.2, 0.25) is 15.1 Å². The summed E-state index contributed by atoms with van der Waals surface area (Å²) < 4.78 is 12.1. The van der Waals surface area contributed by atoms with E-state index in [-0.39, 0.29) is 12.4 Å². The van der Waals surface area contributed by atoms with Crippen LogP contribution in [0.25, 0.3) is 6.08 Å². The number of ether oxygens (including phenoxy) is 2. The summed E-state index contributed by atoms with van der Waals surface area (Å²) in [5, 5.41) is 1.07. The van der Waals surface area contributed by atoms with Crippen molar-refractivity contribution < 1.29 is 14.3 Å². The molecule has 0 heterocycles. The number of rotatable bonds is 7. The normalized spacial score (nSPS) is 11.0. The number of hydrogen-bond acceptors (Lipinski definition) is 3. The molecule has 3 aromatic rings. The van der Waals surface area contributed by atoms with E-state index in [0.717, 1.165) is 15.6 Å². The lowest BCUT2D eigenvalue weighted by atomic mass is 10.1. The molecule has 0 amide bonds. The lowest BCUT2D eigenvalue weighted by Gasteiger charge is -2.13. The van der Waals surface area contributed by atoms with Gasteiger partial charge in [-0.25, -0.2) is 0 Å². The monoisotopic (exact) mass is 524 g/mol. The van der Waals surface area contributed by atoms with E-state index in [2.05, 4.69) is 15.9 Å². The van der Waals surface area contributed by atoms with Crippen LogP contribution in [-0.4, -0.2) is 12.9 Å². The van der Waals surface area contributed by atoms with Crippen molar-refractivity contribution in [3.05, 3.63) is 96.9 Å². The summed E-state index contributed by atoms with van der Waals surface area (Å²) >= 11 is 21.5. The number of benzene rings is 3. The zero-order valence-corrected chi connectivity index (χ0v) is 19.6. The molecule has 0 aliphatic heterocycles. The maximum absolute atomic E-state index is 12.4. The maximum atomic E-state index is 12.4. The van der Waals surface area contributed by atoms with Gasteiger partial charge < -0.3 is 9.47 Å². The van der Waals surface area contributed by atoms with Crippen LogP contribution in [0.15, 0.2) is 65.1 Å². The highest BCUT2D eigenvalue weighted by Crippen LogP contribution is 2.34. The summed E-state index contributed by atoms with van der Waals surface area (Å²) in [5.41, 5.74) is 2.23. The SMILES string of the molecule is COc1ccc(/C=C/C(=O)c2ccc(Br)cc2)cc1COc1cc(Cl)c(Cl)cc1Cl. The van der Waals surface area contributed by atoms with Gasteiger partial charge in [-0.15, -0.1) is 0 Å². The predicted molar refractivity (Wildman–Crippen MR) is 126 cm³/mol.